The van der Waals surface area contributed by atoms with Crippen LogP contribution in [0, 0.1) is 12.4 Å². The monoisotopic (exact) mass is 334 g/mol. The van der Waals surface area contributed by atoms with E-state index in [4.69, 9.17) is 11.3 Å². The molecule has 0 aliphatic rings. The molecule has 0 atom stereocenters. The van der Waals surface area contributed by atoms with Crippen molar-refractivity contribution < 1.29 is 13.9 Å². The average molecular weight is 334 g/mol. The Bertz CT molecular complexity index is 955. The summed E-state index contributed by atoms with van der Waals surface area (Å²) in [6, 6.07) is 9.91. The van der Waals surface area contributed by atoms with E-state index in [1.807, 2.05) is 0 Å². The normalized spacial score (nSPS) is 9.92. The number of halogens is 1. The predicted molar refractivity (Wildman–Crippen MR) is 89.2 cm³/mol. The molecule has 0 saturated carbocycles. The summed E-state index contributed by atoms with van der Waals surface area (Å²) in [6.07, 6.45) is 4.32. The Kier molecular flexibility index (Phi) is 4.62. The number of aromatic nitrogens is 2. The molecule has 25 heavy (non-hydrogen) atoms. The molecule has 0 aliphatic heterocycles. The van der Waals surface area contributed by atoms with E-state index in [2.05, 4.69) is 20.1 Å². The molecule has 0 aliphatic carbocycles. The van der Waals surface area contributed by atoms with Crippen LogP contribution in [0.5, 0.6) is 11.5 Å². The van der Waals surface area contributed by atoms with Crippen molar-refractivity contribution in [1.29, 1.82) is 0 Å². The lowest BCUT2D eigenvalue weighted by Gasteiger charge is -2.10. The summed E-state index contributed by atoms with van der Waals surface area (Å²) < 4.78 is 18.8. The largest absolute Gasteiger partial charge is 0.455 e. The summed E-state index contributed by atoms with van der Waals surface area (Å²) in [7, 11) is 0. The molecule has 0 spiro atoms. The van der Waals surface area contributed by atoms with Crippen LogP contribution in [0.25, 0.3) is 4.85 Å². The molecule has 1 amide bonds. The predicted octanol–water partition coefficient (Wildman–Crippen LogP) is 4.21. The van der Waals surface area contributed by atoms with Gasteiger partial charge >= 0.3 is 0 Å². The smallest absolute Gasteiger partial charge is 0.255 e. The summed E-state index contributed by atoms with van der Waals surface area (Å²) in [5.74, 6) is -0.254. The van der Waals surface area contributed by atoms with Gasteiger partial charge in [0.05, 0.1) is 19.0 Å². The van der Waals surface area contributed by atoms with E-state index in [0.717, 1.165) is 6.07 Å². The Morgan fingerprint density at radius 1 is 1.12 bits per heavy atom. The molecule has 6 nitrogen and oxygen atoms in total. The van der Waals surface area contributed by atoms with Crippen molar-refractivity contribution in [2.45, 2.75) is 0 Å². The lowest BCUT2D eigenvalue weighted by molar-refractivity contribution is 0.102. The standard InChI is InChI=1S/C18H11FN4O2/c1-20-14-6-15(23-18(24)12-3-2-4-13(19)5-12)8-16(7-14)25-17-9-21-11-22-10-17/h2-11H,(H,23,24). The van der Waals surface area contributed by atoms with Crippen molar-refractivity contribution >= 4 is 17.3 Å². The molecule has 7 heteroatoms. The van der Waals surface area contributed by atoms with Crippen LogP contribution in [0.1, 0.15) is 10.4 Å². The van der Waals surface area contributed by atoms with E-state index in [1.165, 1.54) is 49.1 Å². The van der Waals surface area contributed by atoms with Gasteiger partial charge in [0.1, 0.15) is 17.9 Å². The molecule has 3 rings (SSSR count). The maximum Gasteiger partial charge on any atom is 0.255 e. The van der Waals surface area contributed by atoms with Crippen molar-refractivity contribution in [3.63, 3.8) is 0 Å². The zero-order valence-corrected chi connectivity index (χ0v) is 12.8. The number of rotatable bonds is 4. The third kappa shape index (κ3) is 4.14. The van der Waals surface area contributed by atoms with Crippen LogP contribution in [0.15, 0.2) is 61.2 Å². The zero-order valence-electron chi connectivity index (χ0n) is 12.8. The van der Waals surface area contributed by atoms with Crippen LogP contribution in [-0.2, 0) is 0 Å². The molecule has 0 fully saturated rings. The van der Waals surface area contributed by atoms with Gasteiger partial charge < -0.3 is 10.1 Å². The van der Waals surface area contributed by atoms with Crippen LogP contribution < -0.4 is 10.1 Å². The molecular formula is C18H11FN4O2. The molecule has 0 unspecified atom stereocenters. The van der Waals surface area contributed by atoms with Gasteiger partial charge in [-0.2, -0.15) is 0 Å². The fourth-order valence-electron chi connectivity index (χ4n) is 2.09. The first kappa shape index (κ1) is 16.1. The SMILES string of the molecule is [C-]#[N+]c1cc(NC(=O)c2cccc(F)c2)cc(Oc2cncnc2)c1. The molecule has 2 aromatic carbocycles. The molecule has 3 aromatic rings. The first-order chi connectivity index (χ1) is 12.1. The quantitative estimate of drug-likeness (QED) is 0.726. The third-order valence-corrected chi connectivity index (χ3v) is 3.14. The molecule has 122 valence electrons. The van der Waals surface area contributed by atoms with E-state index < -0.39 is 11.7 Å². The number of hydrogen-bond donors (Lipinski definition) is 1. The second-order valence-corrected chi connectivity index (χ2v) is 4.97. The molecule has 0 bridgehead atoms. The van der Waals surface area contributed by atoms with Crippen molar-refractivity contribution in [2.24, 2.45) is 0 Å². The van der Waals surface area contributed by atoms with Gasteiger partial charge in [0.15, 0.2) is 11.4 Å². The number of ether oxygens (including phenoxy) is 1. The summed E-state index contributed by atoms with van der Waals surface area (Å²) in [4.78, 5) is 23.3. The Labute approximate surface area is 142 Å². The molecule has 0 radical (unpaired) electrons. The van der Waals surface area contributed by atoms with Crippen LogP contribution in [0.4, 0.5) is 15.8 Å². The highest BCUT2D eigenvalue weighted by atomic mass is 19.1. The minimum absolute atomic E-state index is 0.173. The number of amides is 1. The lowest BCUT2D eigenvalue weighted by Crippen LogP contribution is -2.12. The summed E-state index contributed by atoms with van der Waals surface area (Å²) in [5.41, 5.74) is 0.811. The van der Waals surface area contributed by atoms with Gasteiger partial charge in [-0.1, -0.05) is 6.07 Å². The molecule has 1 heterocycles. The number of nitrogens with one attached hydrogen (secondary N) is 1. The minimum Gasteiger partial charge on any atom is -0.455 e. The Balaban J connectivity index is 1.85. The average Bonchev–Trinajstić information content (AvgIpc) is 2.62. The van der Waals surface area contributed by atoms with E-state index in [0.29, 0.717) is 17.2 Å². The van der Waals surface area contributed by atoms with Gasteiger partial charge in [0, 0.05) is 17.3 Å². The first-order valence-electron chi connectivity index (χ1n) is 7.16. The minimum atomic E-state index is -0.504. The Morgan fingerprint density at radius 3 is 2.64 bits per heavy atom. The van der Waals surface area contributed by atoms with Gasteiger partial charge in [-0.05, 0) is 30.3 Å². The van der Waals surface area contributed by atoms with E-state index >= 15 is 0 Å². The van der Waals surface area contributed by atoms with Gasteiger partial charge in [0.2, 0.25) is 0 Å². The summed E-state index contributed by atoms with van der Waals surface area (Å²) in [6.45, 7) is 7.17. The molecule has 1 aromatic heterocycles. The summed E-state index contributed by atoms with van der Waals surface area (Å²) >= 11 is 0. The van der Waals surface area contributed by atoms with Gasteiger partial charge in [-0.3, -0.25) is 4.79 Å². The number of benzene rings is 2. The number of hydrogen-bond acceptors (Lipinski definition) is 4. The topological polar surface area (TPSA) is 68.5 Å². The van der Waals surface area contributed by atoms with Crippen molar-refractivity contribution in [3.8, 4) is 11.5 Å². The number of carbonyl (C=O) groups excluding carboxylic acids is 1. The van der Waals surface area contributed by atoms with Gasteiger partial charge in [-0.15, -0.1) is 0 Å². The fraction of sp³-hybridized carbons (Fsp3) is 0. The number of anilines is 1. The van der Waals surface area contributed by atoms with Crippen LogP contribution in [-0.4, -0.2) is 15.9 Å². The first-order valence-corrected chi connectivity index (χ1v) is 7.16. The highest BCUT2D eigenvalue weighted by Crippen LogP contribution is 2.29. The second kappa shape index (κ2) is 7.19. The molecule has 0 saturated heterocycles. The highest BCUT2D eigenvalue weighted by Gasteiger charge is 2.10. The van der Waals surface area contributed by atoms with Crippen molar-refractivity contribution in [2.75, 3.05) is 5.32 Å². The maximum atomic E-state index is 13.2. The van der Waals surface area contributed by atoms with Crippen LogP contribution >= 0.6 is 0 Å². The van der Waals surface area contributed by atoms with Crippen molar-refractivity contribution in [1.82, 2.24) is 9.97 Å². The maximum absolute atomic E-state index is 13.2. The lowest BCUT2D eigenvalue weighted by atomic mass is 10.2. The van der Waals surface area contributed by atoms with Gasteiger partial charge in [0.25, 0.3) is 5.91 Å². The van der Waals surface area contributed by atoms with Crippen LogP contribution in [0.2, 0.25) is 0 Å². The van der Waals surface area contributed by atoms with E-state index in [1.54, 1.807) is 6.07 Å². The van der Waals surface area contributed by atoms with E-state index in [-0.39, 0.29) is 11.3 Å². The number of carbonyl (C=O) groups is 1. The van der Waals surface area contributed by atoms with Gasteiger partial charge in [-0.25, -0.2) is 19.2 Å². The second-order valence-electron chi connectivity index (χ2n) is 4.97. The fourth-order valence-corrected chi connectivity index (χ4v) is 2.09. The Morgan fingerprint density at radius 2 is 1.92 bits per heavy atom. The zero-order chi connectivity index (χ0) is 17.6. The molecular weight excluding hydrogens is 323 g/mol. The Hall–Kier alpha value is -3.79. The van der Waals surface area contributed by atoms with Crippen LogP contribution in [0.3, 0.4) is 0 Å². The molecule has 1 N–H and O–H groups in total. The summed E-state index contributed by atoms with van der Waals surface area (Å²) in [5, 5.41) is 2.63. The number of nitrogens with zero attached hydrogens (tertiary/aromatic N) is 3. The third-order valence-electron chi connectivity index (χ3n) is 3.14. The highest BCUT2D eigenvalue weighted by molar-refractivity contribution is 6.04. The van der Waals surface area contributed by atoms with E-state index in [9.17, 15) is 9.18 Å². The van der Waals surface area contributed by atoms with Crippen molar-refractivity contribution in [3.05, 3.63) is 84.0 Å².